The molecule has 0 spiro atoms. The molecule has 0 aliphatic heterocycles. The van der Waals surface area contributed by atoms with Gasteiger partial charge in [0, 0.05) is 12.0 Å². The fourth-order valence-electron chi connectivity index (χ4n) is 0.886. The first kappa shape index (κ1) is 14.3. The summed E-state index contributed by atoms with van der Waals surface area (Å²) in [5, 5.41) is 29.0. The molecule has 4 N–H and O–H groups in total. The average Bonchev–Trinajstić information content (AvgIpc) is 2.23. The molecule has 1 unspecified atom stereocenters. The van der Waals surface area contributed by atoms with Crippen LogP contribution in [0.2, 0.25) is 0 Å². The van der Waals surface area contributed by atoms with E-state index in [0.29, 0.717) is 13.0 Å². The Morgan fingerprint density at radius 3 is 2.60 bits per heavy atom. The highest BCUT2D eigenvalue weighted by atomic mass is 17.1. The van der Waals surface area contributed by atoms with Gasteiger partial charge in [-0.3, -0.25) is 10.1 Å². The van der Waals surface area contributed by atoms with Crippen molar-refractivity contribution >= 4 is 5.91 Å². The number of carbonyl (C=O) groups excluding carboxylic acids is 1. The van der Waals surface area contributed by atoms with E-state index >= 15 is 0 Å². The monoisotopic (exact) mass is 221 g/mol. The molecule has 6 nitrogen and oxygen atoms in total. The van der Waals surface area contributed by atoms with E-state index in [-0.39, 0.29) is 13.2 Å². The van der Waals surface area contributed by atoms with Gasteiger partial charge in [-0.05, 0) is 6.42 Å². The number of nitrogens with one attached hydrogen (secondary N) is 1. The molecule has 0 saturated heterocycles. The van der Waals surface area contributed by atoms with E-state index in [9.17, 15) is 9.90 Å². The van der Waals surface area contributed by atoms with Gasteiger partial charge in [-0.2, -0.15) is 0 Å². The van der Waals surface area contributed by atoms with Gasteiger partial charge in [0.1, 0.15) is 6.10 Å². The normalized spacial score (nSPS) is 13.7. The van der Waals surface area contributed by atoms with E-state index in [2.05, 4.69) is 10.2 Å². The molecule has 0 aliphatic rings. The van der Waals surface area contributed by atoms with Gasteiger partial charge in [-0.25, -0.2) is 4.89 Å². The summed E-state index contributed by atoms with van der Waals surface area (Å²) in [5.74, 6) is -0.535. The third-order valence-corrected chi connectivity index (χ3v) is 2.11. The maximum atomic E-state index is 11.3. The predicted octanol–water partition coefficient (Wildman–Crippen LogP) is -0.638. The molecule has 0 heterocycles. The number of rotatable bonds is 7. The van der Waals surface area contributed by atoms with Crippen LogP contribution in [0.5, 0.6) is 0 Å². The van der Waals surface area contributed by atoms with Crippen molar-refractivity contribution in [1.82, 2.24) is 5.32 Å². The van der Waals surface area contributed by atoms with Gasteiger partial charge in [0.25, 0.3) is 0 Å². The zero-order valence-corrected chi connectivity index (χ0v) is 9.06. The fraction of sp³-hybridized carbons (Fsp3) is 0.889. The van der Waals surface area contributed by atoms with E-state index in [1.54, 1.807) is 13.8 Å². The zero-order valence-electron chi connectivity index (χ0n) is 9.06. The first-order valence-electron chi connectivity index (χ1n) is 4.78. The lowest BCUT2D eigenvalue weighted by Crippen LogP contribution is -2.45. The number of aliphatic hydroxyl groups excluding tert-OH is 2. The molecule has 0 bridgehead atoms. The number of aliphatic hydroxyl groups is 2. The van der Waals surface area contributed by atoms with Crippen LogP contribution < -0.4 is 5.32 Å². The summed E-state index contributed by atoms with van der Waals surface area (Å²) in [6, 6.07) is 0. The first-order chi connectivity index (χ1) is 6.95. The van der Waals surface area contributed by atoms with Crippen LogP contribution in [0.25, 0.3) is 0 Å². The summed E-state index contributed by atoms with van der Waals surface area (Å²) in [6.45, 7) is 3.33. The molecule has 0 saturated carbocycles. The summed E-state index contributed by atoms with van der Waals surface area (Å²) in [4.78, 5) is 15.2. The molecule has 90 valence electrons. The largest absolute Gasteiger partial charge is 0.396 e. The second-order valence-corrected chi connectivity index (χ2v) is 4.03. The van der Waals surface area contributed by atoms with Crippen molar-refractivity contribution in [3.8, 4) is 0 Å². The average molecular weight is 221 g/mol. The molecular weight excluding hydrogens is 202 g/mol. The molecular formula is C9H19NO5. The molecule has 0 radical (unpaired) electrons. The summed E-state index contributed by atoms with van der Waals surface area (Å²) >= 11 is 0. The lowest BCUT2D eigenvalue weighted by atomic mass is 9.87. The van der Waals surface area contributed by atoms with Crippen LogP contribution in [-0.4, -0.2) is 47.2 Å². The Kier molecular flexibility index (Phi) is 6.42. The summed E-state index contributed by atoms with van der Waals surface area (Å²) in [7, 11) is 0. The third kappa shape index (κ3) is 5.08. The highest BCUT2D eigenvalue weighted by molar-refractivity contribution is 5.81. The minimum Gasteiger partial charge on any atom is -0.396 e. The molecule has 0 aliphatic carbocycles. The summed E-state index contributed by atoms with van der Waals surface area (Å²) in [6.07, 6.45) is -0.799. The maximum Gasteiger partial charge on any atom is 0.249 e. The maximum absolute atomic E-state index is 11.3. The van der Waals surface area contributed by atoms with Crippen molar-refractivity contribution in [2.24, 2.45) is 5.41 Å². The van der Waals surface area contributed by atoms with Gasteiger partial charge in [0.2, 0.25) is 5.91 Å². The van der Waals surface area contributed by atoms with Crippen LogP contribution in [0.15, 0.2) is 0 Å². The van der Waals surface area contributed by atoms with Crippen molar-refractivity contribution in [2.75, 3.05) is 19.8 Å². The van der Waals surface area contributed by atoms with Gasteiger partial charge in [-0.1, -0.05) is 13.8 Å². The second-order valence-electron chi connectivity index (χ2n) is 4.03. The number of hydrogen-bond acceptors (Lipinski definition) is 5. The molecule has 0 fully saturated rings. The Morgan fingerprint density at radius 1 is 1.53 bits per heavy atom. The molecule has 6 heteroatoms. The summed E-state index contributed by atoms with van der Waals surface area (Å²) < 4.78 is 0. The van der Waals surface area contributed by atoms with E-state index < -0.39 is 17.4 Å². The summed E-state index contributed by atoms with van der Waals surface area (Å²) in [5.41, 5.74) is -0.864. The number of hydrogen-bond donors (Lipinski definition) is 4. The van der Waals surface area contributed by atoms with Crippen LogP contribution in [0, 0.1) is 5.41 Å². The molecule has 0 rings (SSSR count). The Labute approximate surface area is 88.8 Å². The molecule has 15 heavy (non-hydrogen) atoms. The van der Waals surface area contributed by atoms with Crippen molar-refractivity contribution in [2.45, 2.75) is 26.4 Å². The zero-order chi connectivity index (χ0) is 11.9. The van der Waals surface area contributed by atoms with Gasteiger partial charge in [0.05, 0.1) is 13.2 Å². The van der Waals surface area contributed by atoms with Crippen molar-refractivity contribution < 1.29 is 25.2 Å². The smallest absolute Gasteiger partial charge is 0.249 e. The Bertz CT molecular complexity index is 195. The lowest BCUT2D eigenvalue weighted by molar-refractivity contribution is -0.242. The van der Waals surface area contributed by atoms with E-state index in [1.165, 1.54) is 0 Å². The topological polar surface area (TPSA) is 99.0 Å². The molecule has 1 atom stereocenters. The van der Waals surface area contributed by atoms with Gasteiger partial charge < -0.3 is 15.5 Å². The predicted molar refractivity (Wildman–Crippen MR) is 53.1 cm³/mol. The van der Waals surface area contributed by atoms with Gasteiger partial charge in [0.15, 0.2) is 0 Å². The van der Waals surface area contributed by atoms with Crippen LogP contribution in [0.3, 0.4) is 0 Å². The third-order valence-electron chi connectivity index (χ3n) is 2.11. The minimum atomic E-state index is -1.25. The first-order valence-corrected chi connectivity index (χ1v) is 4.78. The van der Waals surface area contributed by atoms with E-state index in [4.69, 9.17) is 10.4 Å². The van der Waals surface area contributed by atoms with Crippen LogP contribution >= 0.6 is 0 Å². The lowest BCUT2D eigenvalue weighted by Gasteiger charge is -2.27. The highest BCUT2D eigenvalue weighted by Crippen LogP contribution is 2.19. The van der Waals surface area contributed by atoms with Crippen molar-refractivity contribution in [3.63, 3.8) is 0 Å². The van der Waals surface area contributed by atoms with Crippen molar-refractivity contribution in [1.29, 1.82) is 0 Å². The quantitative estimate of drug-likeness (QED) is 0.260. The van der Waals surface area contributed by atoms with Crippen LogP contribution in [0.4, 0.5) is 0 Å². The van der Waals surface area contributed by atoms with Crippen LogP contribution in [0.1, 0.15) is 20.3 Å². The highest BCUT2D eigenvalue weighted by Gasteiger charge is 2.32. The number of carbonyl (C=O) groups is 1. The SMILES string of the molecule is CC(C)(CO)C(O)C(=O)NCCCOO. The van der Waals surface area contributed by atoms with E-state index in [0.717, 1.165) is 0 Å². The van der Waals surface area contributed by atoms with E-state index in [1.807, 2.05) is 0 Å². The molecule has 1 amide bonds. The molecule has 0 aromatic rings. The molecule has 0 aromatic heterocycles. The Morgan fingerprint density at radius 2 is 2.13 bits per heavy atom. The fourth-order valence-corrected chi connectivity index (χ4v) is 0.886. The number of amides is 1. The second kappa shape index (κ2) is 6.73. The molecule has 0 aromatic carbocycles. The van der Waals surface area contributed by atoms with Crippen molar-refractivity contribution in [3.05, 3.63) is 0 Å². The van der Waals surface area contributed by atoms with Gasteiger partial charge >= 0.3 is 0 Å². The Hall–Kier alpha value is -0.690. The minimum absolute atomic E-state index is 0.125. The van der Waals surface area contributed by atoms with Crippen LogP contribution in [-0.2, 0) is 9.68 Å². The standard InChI is InChI=1S/C9H19NO5/c1-9(2,6-11)7(12)8(13)10-4-3-5-15-14/h7,11-12,14H,3-6H2,1-2H3,(H,10,13). The van der Waals surface area contributed by atoms with Gasteiger partial charge in [-0.15, -0.1) is 0 Å². The Balaban J connectivity index is 3.89.